The van der Waals surface area contributed by atoms with Crippen LogP contribution in [0.1, 0.15) is 85.0 Å². The summed E-state index contributed by atoms with van der Waals surface area (Å²) in [6, 6.07) is -0.164. The quantitative estimate of drug-likeness (QED) is 0.288. The Labute approximate surface area is 180 Å². The Morgan fingerprint density at radius 3 is 2.50 bits per heavy atom. The Kier molecular flexibility index (Phi) is 11.6. The van der Waals surface area contributed by atoms with Gasteiger partial charge in [0.2, 0.25) is 5.91 Å². The molecule has 0 aromatic heterocycles. The Morgan fingerprint density at radius 1 is 1.13 bits per heavy atom. The summed E-state index contributed by atoms with van der Waals surface area (Å²) in [7, 11) is 0. The maximum absolute atomic E-state index is 12.6. The highest BCUT2D eigenvalue weighted by Gasteiger charge is 2.40. The first-order valence-corrected chi connectivity index (χ1v) is 11.3. The third-order valence-electron chi connectivity index (χ3n) is 5.83. The zero-order chi connectivity index (χ0) is 22.6. The van der Waals surface area contributed by atoms with Gasteiger partial charge in [0.1, 0.15) is 5.78 Å². The number of hydrogen-bond donors (Lipinski definition) is 3. The molecule has 0 aromatic carbocycles. The van der Waals surface area contributed by atoms with E-state index in [4.69, 9.17) is 5.11 Å². The standard InChI is InChI=1S/C24H39NO5/c1-4-6-7-8-9-11-14-18-19(21(26)17-20(18)25-22(27)5-2)15-12-10-13-16-24(3,30)23(28)29/h10-12,14,18-20,30H,4-9,13,15-17H2,1-3H3,(H,25,27)(H,28,29)/b12-10-,14-11+/t18-,19-,20-,24?/m1/s1. The van der Waals surface area contributed by atoms with Crippen molar-refractivity contribution in [2.45, 2.75) is 96.6 Å². The fourth-order valence-corrected chi connectivity index (χ4v) is 3.79. The van der Waals surface area contributed by atoms with Gasteiger partial charge in [-0.1, -0.05) is 57.4 Å². The first kappa shape index (κ1) is 26.1. The summed E-state index contributed by atoms with van der Waals surface area (Å²) in [6.07, 6.45) is 15.5. The summed E-state index contributed by atoms with van der Waals surface area (Å²) >= 11 is 0. The van der Waals surface area contributed by atoms with E-state index < -0.39 is 11.6 Å². The van der Waals surface area contributed by atoms with E-state index in [1.54, 1.807) is 6.92 Å². The normalized spacial score (nSPS) is 23.9. The first-order valence-electron chi connectivity index (χ1n) is 11.3. The number of rotatable bonds is 14. The second-order valence-corrected chi connectivity index (χ2v) is 8.48. The van der Waals surface area contributed by atoms with Crippen molar-refractivity contribution in [3.8, 4) is 0 Å². The molecule has 0 heterocycles. The average molecular weight is 422 g/mol. The molecule has 4 atom stereocenters. The van der Waals surface area contributed by atoms with Crippen LogP contribution >= 0.6 is 0 Å². The molecule has 3 N–H and O–H groups in total. The van der Waals surface area contributed by atoms with Gasteiger partial charge in [0, 0.05) is 30.7 Å². The number of carbonyl (C=O) groups excluding carboxylic acids is 2. The van der Waals surface area contributed by atoms with Crippen molar-refractivity contribution in [1.82, 2.24) is 5.32 Å². The summed E-state index contributed by atoms with van der Waals surface area (Å²) in [4.78, 5) is 35.5. The van der Waals surface area contributed by atoms with Gasteiger partial charge >= 0.3 is 5.97 Å². The highest BCUT2D eigenvalue weighted by atomic mass is 16.4. The molecule has 6 nitrogen and oxygen atoms in total. The SMILES string of the molecule is CCCCCC/C=C/[C@H]1[C@H](NC(=O)CC)CC(=O)[C@@H]1C/C=C\CCC(C)(O)C(=O)O. The Morgan fingerprint density at radius 2 is 1.87 bits per heavy atom. The number of carboxylic acids is 1. The van der Waals surface area contributed by atoms with Gasteiger partial charge < -0.3 is 15.5 Å². The van der Waals surface area contributed by atoms with Crippen molar-refractivity contribution in [1.29, 1.82) is 0 Å². The van der Waals surface area contributed by atoms with Crippen LogP contribution in [-0.4, -0.2) is 39.5 Å². The van der Waals surface area contributed by atoms with Gasteiger partial charge in [-0.2, -0.15) is 0 Å². The molecule has 1 amide bonds. The maximum Gasteiger partial charge on any atom is 0.335 e. The molecule has 1 saturated carbocycles. The van der Waals surface area contributed by atoms with E-state index in [0.29, 0.717) is 25.7 Å². The third kappa shape index (κ3) is 8.82. The number of aliphatic hydroxyl groups is 1. The molecule has 1 fully saturated rings. The lowest BCUT2D eigenvalue weighted by atomic mass is 9.89. The number of carboxylic acid groups (broad SMARTS) is 1. The molecular weight excluding hydrogens is 382 g/mol. The minimum absolute atomic E-state index is 0.0223. The van der Waals surface area contributed by atoms with E-state index in [1.807, 2.05) is 12.2 Å². The number of carbonyl (C=O) groups is 3. The number of amides is 1. The van der Waals surface area contributed by atoms with Crippen molar-refractivity contribution in [3.05, 3.63) is 24.3 Å². The molecular formula is C24H39NO5. The smallest absolute Gasteiger partial charge is 0.335 e. The van der Waals surface area contributed by atoms with Gasteiger partial charge in [0.05, 0.1) is 0 Å². The van der Waals surface area contributed by atoms with Gasteiger partial charge in [-0.05, 0) is 39.0 Å². The maximum atomic E-state index is 12.6. The predicted molar refractivity (Wildman–Crippen MR) is 118 cm³/mol. The fourth-order valence-electron chi connectivity index (χ4n) is 3.79. The topological polar surface area (TPSA) is 104 Å². The molecule has 1 rings (SSSR count). The molecule has 6 heteroatoms. The summed E-state index contributed by atoms with van der Waals surface area (Å²) in [5.41, 5.74) is -1.74. The van der Waals surface area contributed by atoms with Crippen molar-refractivity contribution in [2.75, 3.05) is 0 Å². The van der Waals surface area contributed by atoms with Crippen LogP contribution in [0.2, 0.25) is 0 Å². The number of aliphatic carboxylic acids is 1. The summed E-state index contributed by atoms with van der Waals surface area (Å²) < 4.78 is 0. The van der Waals surface area contributed by atoms with Crippen molar-refractivity contribution in [2.24, 2.45) is 11.8 Å². The minimum atomic E-state index is -1.74. The molecule has 0 aliphatic heterocycles. The summed E-state index contributed by atoms with van der Waals surface area (Å²) in [6.45, 7) is 5.27. The molecule has 170 valence electrons. The Bertz CT molecular complexity index is 623. The second kappa shape index (κ2) is 13.4. The lowest BCUT2D eigenvalue weighted by Crippen LogP contribution is -2.37. The molecule has 0 saturated heterocycles. The predicted octanol–water partition coefficient (Wildman–Crippen LogP) is 4.18. The van der Waals surface area contributed by atoms with Gasteiger partial charge in [0.15, 0.2) is 5.60 Å². The number of allylic oxidation sites excluding steroid dienone is 3. The monoisotopic (exact) mass is 421 g/mol. The summed E-state index contributed by atoms with van der Waals surface area (Å²) in [5, 5.41) is 21.7. The first-order chi connectivity index (χ1) is 14.2. The number of ketones is 1. The van der Waals surface area contributed by atoms with Crippen LogP contribution in [0, 0.1) is 11.8 Å². The molecule has 0 spiro atoms. The zero-order valence-corrected chi connectivity index (χ0v) is 18.7. The van der Waals surface area contributed by atoms with Crippen LogP contribution in [0.15, 0.2) is 24.3 Å². The minimum Gasteiger partial charge on any atom is -0.479 e. The van der Waals surface area contributed by atoms with E-state index in [-0.39, 0.29) is 36.0 Å². The second-order valence-electron chi connectivity index (χ2n) is 8.48. The lowest BCUT2D eigenvalue weighted by molar-refractivity contribution is -0.157. The van der Waals surface area contributed by atoms with E-state index in [9.17, 15) is 19.5 Å². The Balaban J connectivity index is 2.70. The van der Waals surface area contributed by atoms with Crippen molar-refractivity contribution in [3.63, 3.8) is 0 Å². The number of Topliss-reactive ketones (excluding diaryl/α,β-unsaturated/α-hetero) is 1. The molecule has 1 unspecified atom stereocenters. The van der Waals surface area contributed by atoms with Crippen LogP contribution in [0.4, 0.5) is 0 Å². The van der Waals surface area contributed by atoms with Gasteiger partial charge in [-0.15, -0.1) is 0 Å². The van der Waals surface area contributed by atoms with Crippen LogP contribution in [0.25, 0.3) is 0 Å². The fraction of sp³-hybridized carbons (Fsp3) is 0.708. The Hall–Kier alpha value is -1.95. The van der Waals surface area contributed by atoms with E-state index in [1.165, 1.54) is 26.2 Å². The third-order valence-corrected chi connectivity index (χ3v) is 5.83. The molecule has 0 radical (unpaired) electrons. The average Bonchev–Trinajstić information content (AvgIpc) is 2.98. The highest BCUT2D eigenvalue weighted by molar-refractivity contribution is 5.86. The van der Waals surface area contributed by atoms with E-state index >= 15 is 0 Å². The van der Waals surface area contributed by atoms with Gasteiger partial charge in [-0.3, -0.25) is 9.59 Å². The zero-order valence-electron chi connectivity index (χ0n) is 18.7. The number of hydrogen-bond acceptors (Lipinski definition) is 4. The van der Waals surface area contributed by atoms with Gasteiger partial charge in [-0.25, -0.2) is 4.79 Å². The van der Waals surface area contributed by atoms with E-state index in [2.05, 4.69) is 24.4 Å². The van der Waals surface area contributed by atoms with Crippen molar-refractivity contribution >= 4 is 17.7 Å². The number of nitrogens with one attached hydrogen (secondary N) is 1. The molecule has 1 aliphatic carbocycles. The van der Waals surface area contributed by atoms with Crippen molar-refractivity contribution < 1.29 is 24.6 Å². The molecule has 0 bridgehead atoms. The lowest BCUT2D eigenvalue weighted by Gasteiger charge is -2.21. The van der Waals surface area contributed by atoms with Gasteiger partial charge in [0.25, 0.3) is 0 Å². The molecule has 30 heavy (non-hydrogen) atoms. The van der Waals surface area contributed by atoms with Crippen LogP contribution in [0.3, 0.4) is 0 Å². The molecule has 0 aromatic rings. The highest BCUT2D eigenvalue weighted by Crippen LogP contribution is 2.33. The van der Waals surface area contributed by atoms with E-state index in [0.717, 1.165) is 12.8 Å². The van der Waals surface area contributed by atoms with Crippen LogP contribution in [-0.2, 0) is 14.4 Å². The molecule has 1 aliphatic rings. The number of unbranched alkanes of at least 4 members (excludes halogenated alkanes) is 4. The largest absolute Gasteiger partial charge is 0.479 e. The summed E-state index contributed by atoms with van der Waals surface area (Å²) in [5.74, 6) is -1.33. The van der Waals surface area contributed by atoms with Crippen LogP contribution < -0.4 is 5.32 Å². The van der Waals surface area contributed by atoms with Crippen LogP contribution in [0.5, 0.6) is 0 Å².